The van der Waals surface area contributed by atoms with Crippen LogP contribution in [0.1, 0.15) is 23.0 Å². The minimum Gasteiger partial charge on any atom is -0.355 e. The van der Waals surface area contributed by atoms with E-state index in [1.165, 1.54) is 5.56 Å². The van der Waals surface area contributed by atoms with Crippen LogP contribution in [0.25, 0.3) is 11.3 Å². The molecule has 1 unspecified atom stereocenters. The molecule has 1 amide bonds. The number of likely N-dealkylation sites (N-methyl/N-ethyl adjacent to an activating group) is 1. The van der Waals surface area contributed by atoms with Crippen LogP contribution in [0, 0.1) is 6.92 Å². The molecule has 1 aliphatic heterocycles. The van der Waals surface area contributed by atoms with E-state index in [2.05, 4.69) is 34.2 Å². The highest BCUT2D eigenvalue weighted by Gasteiger charge is 2.20. The molecule has 1 aromatic carbocycles. The Bertz CT molecular complexity index is 702. The molecule has 134 valence electrons. The van der Waals surface area contributed by atoms with Crippen LogP contribution in [-0.4, -0.2) is 66.7 Å². The Morgan fingerprint density at radius 1 is 1.24 bits per heavy atom. The number of rotatable bonds is 5. The van der Waals surface area contributed by atoms with E-state index >= 15 is 0 Å². The molecule has 6 heteroatoms. The van der Waals surface area contributed by atoms with Crippen molar-refractivity contribution in [3.05, 3.63) is 41.6 Å². The maximum Gasteiger partial charge on any atom is 0.273 e. The number of benzene rings is 1. The molecule has 25 heavy (non-hydrogen) atoms. The van der Waals surface area contributed by atoms with Crippen molar-refractivity contribution in [3.63, 3.8) is 0 Å². The van der Waals surface area contributed by atoms with Crippen molar-refractivity contribution in [2.24, 2.45) is 0 Å². The van der Waals surface area contributed by atoms with Crippen molar-refractivity contribution < 1.29 is 9.32 Å². The van der Waals surface area contributed by atoms with Crippen molar-refractivity contribution in [1.29, 1.82) is 0 Å². The van der Waals surface area contributed by atoms with Crippen molar-refractivity contribution in [3.8, 4) is 11.3 Å². The van der Waals surface area contributed by atoms with E-state index in [4.69, 9.17) is 4.52 Å². The van der Waals surface area contributed by atoms with Crippen LogP contribution in [0.3, 0.4) is 0 Å². The van der Waals surface area contributed by atoms with Gasteiger partial charge in [0.15, 0.2) is 11.5 Å². The van der Waals surface area contributed by atoms with Crippen molar-refractivity contribution >= 4 is 5.91 Å². The van der Waals surface area contributed by atoms with Crippen molar-refractivity contribution in [2.45, 2.75) is 19.9 Å². The number of piperazine rings is 1. The zero-order chi connectivity index (χ0) is 17.8. The average Bonchev–Trinajstić information content (AvgIpc) is 3.11. The van der Waals surface area contributed by atoms with Gasteiger partial charge in [0, 0.05) is 50.4 Å². The Balaban J connectivity index is 1.54. The number of aryl methyl sites for hydroxylation is 1. The highest BCUT2D eigenvalue weighted by molar-refractivity contribution is 5.93. The molecular formula is C19H26N4O2. The number of amides is 1. The van der Waals surface area contributed by atoms with Crippen LogP contribution in [0.2, 0.25) is 0 Å². The molecule has 2 aromatic rings. The fourth-order valence-electron chi connectivity index (χ4n) is 2.96. The highest BCUT2D eigenvalue weighted by atomic mass is 16.5. The van der Waals surface area contributed by atoms with Gasteiger partial charge in [-0.05, 0) is 20.9 Å². The predicted molar refractivity (Wildman–Crippen MR) is 97.5 cm³/mol. The average molecular weight is 342 g/mol. The first-order chi connectivity index (χ1) is 12.0. The zero-order valence-electron chi connectivity index (χ0n) is 15.2. The van der Waals surface area contributed by atoms with Gasteiger partial charge in [0.2, 0.25) is 0 Å². The lowest BCUT2D eigenvalue weighted by Crippen LogP contribution is -2.51. The van der Waals surface area contributed by atoms with Crippen LogP contribution < -0.4 is 5.32 Å². The first-order valence-electron chi connectivity index (χ1n) is 8.77. The number of hydrogen-bond donors (Lipinski definition) is 1. The molecule has 1 aliphatic rings. The Morgan fingerprint density at radius 2 is 1.92 bits per heavy atom. The summed E-state index contributed by atoms with van der Waals surface area (Å²) in [5.41, 5.74) is 2.42. The Morgan fingerprint density at radius 3 is 2.60 bits per heavy atom. The number of nitrogens with zero attached hydrogens (tertiary/aromatic N) is 3. The second kappa shape index (κ2) is 7.80. The molecule has 1 fully saturated rings. The molecule has 1 aromatic heterocycles. The van der Waals surface area contributed by atoms with Gasteiger partial charge in [-0.25, -0.2) is 0 Å². The fourth-order valence-corrected chi connectivity index (χ4v) is 2.96. The molecule has 0 radical (unpaired) electrons. The second-order valence-corrected chi connectivity index (χ2v) is 6.84. The largest absolute Gasteiger partial charge is 0.355 e. The first-order valence-corrected chi connectivity index (χ1v) is 8.77. The summed E-state index contributed by atoms with van der Waals surface area (Å²) in [6.45, 7) is 9.00. The van der Waals surface area contributed by atoms with Crippen LogP contribution in [0.5, 0.6) is 0 Å². The highest BCUT2D eigenvalue weighted by Crippen LogP contribution is 2.20. The molecule has 0 saturated carbocycles. The maximum atomic E-state index is 12.3. The summed E-state index contributed by atoms with van der Waals surface area (Å²) in [6.07, 6.45) is 0. The first kappa shape index (κ1) is 17.6. The molecule has 0 aliphatic carbocycles. The van der Waals surface area contributed by atoms with E-state index in [1.54, 1.807) is 6.07 Å². The number of carbonyl (C=O) groups is 1. The van der Waals surface area contributed by atoms with E-state index in [9.17, 15) is 4.79 Å². The van der Waals surface area contributed by atoms with Crippen molar-refractivity contribution in [2.75, 3.05) is 39.8 Å². The number of aromatic nitrogens is 1. The number of hydrogen-bond acceptors (Lipinski definition) is 5. The maximum absolute atomic E-state index is 12.3. The van der Waals surface area contributed by atoms with E-state index < -0.39 is 0 Å². The summed E-state index contributed by atoms with van der Waals surface area (Å²) in [6, 6.07) is 9.95. The summed E-state index contributed by atoms with van der Waals surface area (Å²) >= 11 is 0. The van der Waals surface area contributed by atoms with Crippen LogP contribution in [-0.2, 0) is 0 Å². The molecular weight excluding hydrogens is 316 g/mol. The van der Waals surface area contributed by atoms with Gasteiger partial charge >= 0.3 is 0 Å². The summed E-state index contributed by atoms with van der Waals surface area (Å²) in [5.74, 6) is 0.417. The third-order valence-electron chi connectivity index (χ3n) is 4.80. The van der Waals surface area contributed by atoms with E-state index in [1.807, 2.05) is 31.2 Å². The van der Waals surface area contributed by atoms with Gasteiger partial charge in [-0.15, -0.1) is 0 Å². The predicted octanol–water partition coefficient (Wildman–Crippen LogP) is 2.02. The van der Waals surface area contributed by atoms with E-state index in [0.717, 1.165) is 31.7 Å². The summed E-state index contributed by atoms with van der Waals surface area (Å²) in [4.78, 5) is 17.0. The summed E-state index contributed by atoms with van der Waals surface area (Å²) in [7, 11) is 2.14. The standard InChI is InChI=1S/C19H26N4O2/c1-14-4-6-16(7-5-14)18-12-17(21-25-18)19(24)20-13-15(2)23-10-8-22(3)9-11-23/h4-7,12,15H,8-11,13H2,1-3H3,(H,20,24). The quantitative estimate of drug-likeness (QED) is 0.901. The minimum atomic E-state index is -0.192. The third kappa shape index (κ3) is 4.46. The monoisotopic (exact) mass is 342 g/mol. The van der Waals surface area contributed by atoms with Gasteiger partial charge in [0.25, 0.3) is 5.91 Å². The molecule has 2 heterocycles. The van der Waals surface area contributed by atoms with E-state index in [-0.39, 0.29) is 5.91 Å². The SMILES string of the molecule is Cc1ccc(-c2cc(C(=O)NCC(C)N3CCN(C)CC3)no2)cc1. The van der Waals surface area contributed by atoms with Crippen LogP contribution in [0.15, 0.2) is 34.9 Å². The number of carbonyl (C=O) groups excluding carboxylic acids is 1. The molecule has 0 bridgehead atoms. The molecule has 1 atom stereocenters. The molecule has 0 spiro atoms. The Kier molecular flexibility index (Phi) is 5.50. The topological polar surface area (TPSA) is 61.6 Å². The lowest BCUT2D eigenvalue weighted by atomic mass is 10.1. The van der Waals surface area contributed by atoms with Crippen LogP contribution in [0.4, 0.5) is 0 Å². The van der Waals surface area contributed by atoms with Crippen LogP contribution >= 0.6 is 0 Å². The molecule has 1 saturated heterocycles. The van der Waals surface area contributed by atoms with Crippen molar-refractivity contribution in [1.82, 2.24) is 20.3 Å². The second-order valence-electron chi connectivity index (χ2n) is 6.84. The molecule has 1 N–H and O–H groups in total. The lowest BCUT2D eigenvalue weighted by molar-refractivity contribution is 0.0895. The Hall–Kier alpha value is -2.18. The minimum absolute atomic E-state index is 0.192. The Labute approximate surface area is 148 Å². The van der Waals surface area contributed by atoms with Gasteiger partial charge in [-0.2, -0.15) is 0 Å². The normalized spacial score (nSPS) is 17.4. The van der Waals surface area contributed by atoms with Gasteiger partial charge in [-0.3, -0.25) is 9.69 Å². The smallest absolute Gasteiger partial charge is 0.273 e. The van der Waals surface area contributed by atoms with Gasteiger partial charge in [0.05, 0.1) is 0 Å². The summed E-state index contributed by atoms with van der Waals surface area (Å²) in [5, 5.41) is 6.87. The number of nitrogens with one attached hydrogen (secondary N) is 1. The fraction of sp³-hybridized carbons (Fsp3) is 0.474. The summed E-state index contributed by atoms with van der Waals surface area (Å²) < 4.78 is 5.32. The van der Waals surface area contributed by atoms with Gasteiger partial charge in [-0.1, -0.05) is 35.0 Å². The lowest BCUT2D eigenvalue weighted by Gasteiger charge is -2.36. The third-order valence-corrected chi connectivity index (χ3v) is 4.80. The zero-order valence-corrected chi connectivity index (χ0v) is 15.2. The molecule has 6 nitrogen and oxygen atoms in total. The van der Waals surface area contributed by atoms with Gasteiger partial charge in [0.1, 0.15) is 0 Å². The van der Waals surface area contributed by atoms with Gasteiger partial charge < -0.3 is 14.7 Å². The molecule has 3 rings (SSSR count). The van der Waals surface area contributed by atoms with E-state index in [0.29, 0.717) is 24.0 Å².